The van der Waals surface area contributed by atoms with Gasteiger partial charge in [-0.3, -0.25) is 4.79 Å². The van der Waals surface area contributed by atoms with Crippen molar-refractivity contribution in [1.29, 1.82) is 0 Å². The summed E-state index contributed by atoms with van der Waals surface area (Å²) in [6, 6.07) is 6.06. The molecule has 1 aliphatic rings. The fourth-order valence-corrected chi connectivity index (χ4v) is 2.82. The van der Waals surface area contributed by atoms with Gasteiger partial charge in [0.1, 0.15) is 10.7 Å². The lowest BCUT2D eigenvalue weighted by atomic mass is 10.1. The second-order valence-electron chi connectivity index (χ2n) is 4.85. The molecule has 0 aliphatic carbocycles. The number of hydrogen-bond acceptors (Lipinski definition) is 6. The van der Waals surface area contributed by atoms with E-state index in [2.05, 4.69) is 19.5 Å². The van der Waals surface area contributed by atoms with E-state index in [4.69, 9.17) is 0 Å². The van der Waals surface area contributed by atoms with Crippen LogP contribution in [0.2, 0.25) is 0 Å². The topological polar surface area (TPSA) is 62.2 Å². The van der Waals surface area contributed by atoms with Crippen LogP contribution in [0.25, 0.3) is 0 Å². The zero-order chi connectivity index (χ0) is 14.1. The van der Waals surface area contributed by atoms with Gasteiger partial charge in [0.25, 0.3) is 5.91 Å². The molecule has 0 N–H and O–H groups in total. The number of carbonyl (C=O) groups excluding carboxylic acids is 1. The highest BCUT2D eigenvalue weighted by Crippen LogP contribution is 2.22. The maximum atomic E-state index is 12.3. The third-order valence-electron chi connectivity index (χ3n) is 3.55. The Morgan fingerprint density at radius 2 is 2.25 bits per heavy atom. The minimum atomic E-state index is 0.00294. The number of pyridine rings is 1. The van der Waals surface area contributed by atoms with Crippen molar-refractivity contribution in [1.82, 2.24) is 19.5 Å². The lowest BCUT2D eigenvalue weighted by molar-refractivity contribution is 0.0709. The molecule has 1 fully saturated rings. The van der Waals surface area contributed by atoms with E-state index in [9.17, 15) is 4.79 Å². The van der Waals surface area contributed by atoms with Crippen molar-refractivity contribution in [3.8, 4) is 0 Å². The van der Waals surface area contributed by atoms with Crippen LogP contribution >= 0.6 is 11.5 Å². The van der Waals surface area contributed by atoms with E-state index in [0.717, 1.165) is 30.4 Å². The number of aryl methyl sites for hydroxylation is 1. The Labute approximate surface area is 121 Å². The van der Waals surface area contributed by atoms with Crippen molar-refractivity contribution < 1.29 is 4.79 Å². The van der Waals surface area contributed by atoms with E-state index in [1.807, 2.05) is 32.2 Å². The summed E-state index contributed by atoms with van der Waals surface area (Å²) in [6.07, 6.45) is 1.78. The maximum absolute atomic E-state index is 12.3. The van der Waals surface area contributed by atoms with Gasteiger partial charge in [0.05, 0.1) is 11.7 Å². The molecule has 1 aliphatic heterocycles. The summed E-state index contributed by atoms with van der Waals surface area (Å²) in [4.78, 5) is 21.2. The van der Waals surface area contributed by atoms with Gasteiger partial charge >= 0.3 is 0 Å². The van der Waals surface area contributed by atoms with Crippen LogP contribution < -0.4 is 4.90 Å². The van der Waals surface area contributed by atoms with Crippen molar-refractivity contribution in [2.75, 3.05) is 25.0 Å². The van der Waals surface area contributed by atoms with Crippen molar-refractivity contribution in [2.24, 2.45) is 0 Å². The number of nitrogens with zero attached hydrogens (tertiary/aromatic N) is 5. The standard InChI is InChI=1S/C13H15N5OS/c1-9-12(20-16-15-9)13(19)17(2)10-7-18(8-10)11-5-3-4-6-14-11/h3-6,10H,7-8H2,1-2H3. The van der Waals surface area contributed by atoms with Gasteiger partial charge in [0, 0.05) is 26.3 Å². The smallest absolute Gasteiger partial charge is 0.267 e. The molecule has 1 amide bonds. The van der Waals surface area contributed by atoms with Gasteiger partial charge in [-0.1, -0.05) is 10.6 Å². The second-order valence-corrected chi connectivity index (χ2v) is 5.60. The predicted octanol–water partition coefficient (Wildman–Crippen LogP) is 1.20. The van der Waals surface area contributed by atoms with Crippen LogP contribution in [-0.4, -0.2) is 51.6 Å². The number of rotatable bonds is 3. The molecule has 20 heavy (non-hydrogen) atoms. The molecule has 0 atom stereocenters. The monoisotopic (exact) mass is 289 g/mol. The highest BCUT2D eigenvalue weighted by Gasteiger charge is 2.34. The van der Waals surface area contributed by atoms with Gasteiger partial charge in [0.15, 0.2) is 0 Å². The van der Waals surface area contributed by atoms with Crippen LogP contribution in [0.5, 0.6) is 0 Å². The minimum absolute atomic E-state index is 0.00294. The van der Waals surface area contributed by atoms with E-state index in [-0.39, 0.29) is 11.9 Å². The molecule has 0 bridgehead atoms. The first-order valence-corrected chi connectivity index (χ1v) is 7.16. The lowest BCUT2D eigenvalue weighted by Gasteiger charge is -2.44. The average molecular weight is 289 g/mol. The number of hydrogen-bond donors (Lipinski definition) is 0. The molecule has 2 aromatic heterocycles. The van der Waals surface area contributed by atoms with E-state index in [1.165, 1.54) is 0 Å². The highest BCUT2D eigenvalue weighted by molar-refractivity contribution is 7.07. The minimum Gasteiger partial charge on any atom is -0.352 e. The molecule has 3 rings (SSSR count). The lowest BCUT2D eigenvalue weighted by Crippen LogP contribution is -2.60. The molecule has 0 spiro atoms. The predicted molar refractivity (Wildman–Crippen MR) is 77.0 cm³/mol. The quantitative estimate of drug-likeness (QED) is 0.849. The van der Waals surface area contributed by atoms with E-state index >= 15 is 0 Å². The van der Waals surface area contributed by atoms with Gasteiger partial charge in [-0.15, -0.1) is 5.10 Å². The summed E-state index contributed by atoms with van der Waals surface area (Å²) in [7, 11) is 1.84. The summed E-state index contributed by atoms with van der Waals surface area (Å²) in [6.45, 7) is 3.43. The number of carbonyl (C=O) groups is 1. The van der Waals surface area contributed by atoms with Gasteiger partial charge in [-0.25, -0.2) is 4.98 Å². The molecule has 0 saturated carbocycles. The molecule has 7 heteroatoms. The molecule has 0 radical (unpaired) electrons. The molecule has 1 saturated heterocycles. The summed E-state index contributed by atoms with van der Waals surface area (Å²) in [5, 5.41) is 3.89. The SMILES string of the molecule is Cc1nnsc1C(=O)N(C)C1CN(c2ccccn2)C1. The first-order valence-electron chi connectivity index (χ1n) is 6.39. The van der Waals surface area contributed by atoms with Gasteiger partial charge in [0.2, 0.25) is 0 Å². The molecule has 0 unspecified atom stereocenters. The number of amides is 1. The zero-order valence-corrected chi connectivity index (χ0v) is 12.2. The van der Waals surface area contributed by atoms with Crippen LogP contribution in [0.4, 0.5) is 5.82 Å². The molecule has 3 heterocycles. The molecule has 6 nitrogen and oxygen atoms in total. The van der Waals surface area contributed by atoms with Crippen LogP contribution in [-0.2, 0) is 0 Å². The summed E-state index contributed by atoms with van der Waals surface area (Å²) in [5.74, 6) is 0.961. The first-order chi connectivity index (χ1) is 9.66. The Kier molecular flexibility index (Phi) is 3.35. The van der Waals surface area contributed by atoms with Crippen LogP contribution in [0.1, 0.15) is 15.4 Å². The van der Waals surface area contributed by atoms with E-state index < -0.39 is 0 Å². The summed E-state index contributed by atoms with van der Waals surface area (Å²) in [5.41, 5.74) is 0.702. The third kappa shape index (κ3) is 2.24. The normalized spacial score (nSPS) is 15.0. The van der Waals surface area contributed by atoms with Crippen LogP contribution in [0.3, 0.4) is 0 Å². The first kappa shape index (κ1) is 13.0. The molecule has 104 valence electrons. The van der Waals surface area contributed by atoms with E-state index in [0.29, 0.717) is 10.6 Å². The average Bonchev–Trinajstić information content (AvgIpc) is 2.83. The fraction of sp³-hybridized carbons (Fsp3) is 0.385. The Balaban J connectivity index is 1.63. The molecular formula is C13H15N5OS. The largest absolute Gasteiger partial charge is 0.352 e. The van der Waals surface area contributed by atoms with Crippen molar-refractivity contribution >= 4 is 23.3 Å². The van der Waals surface area contributed by atoms with Gasteiger partial charge < -0.3 is 9.80 Å². The second kappa shape index (κ2) is 5.16. The fourth-order valence-electron chi connectivity index (χ4n) is 2.18. The summed E-state index contributed by atoms with van der Waals surface area (Å²) >= 11 is 1.16. The van der Waals surface area contributed by atoms with Crippen molar-refractivity contribution in [3.63, 3.8) is 0 Å². The number of aromatic nitrogens is 3. The highest BCUT2D eigenvalue weighted by atomic mass is 32.1. The van der Waals surface area contributed by atoms with E-state index in [1.54, 1.807) is 11.1 Å². The molecule has 2 aromatic rings. The van der Waals surface area contributed by atoms with Crippen molar-refractivity contribution in [2.45, 2.75) is 13.0 Å². The third-order valence-corrected chi connectivity index (χ3v) is 4.37. The van der Waals surface area contributed by atoms with Crippen LogP contribution in [0, 0.1) is 6.92 Å². The van der Waals surface area contributed by atoms with Gasteiger partial charge in [-0.2, -0.15) is 0 Å². The zero-order valence-electron chi connectivity index (χ0n) is 11.4. The Bertz CT molecular complexity index is 608. The van der Waals surface area contributed by atoms with Gasteiger partial charge in [-0.05, 0) is 30.6 Å². The Morgan fingerprint density at radius 1 is 1.45 bits per heavy atom. The number of anilines is 1. The van der Waals surface area contributed by atoms with Crippen molar-refractivity contribution in [3.05, 3.63) is 35.0 Å². The molecular weight excluding hydrogens is 274 g/mol. The molecule has 0 aromatic carbocycles. The number of likely N-dealkylation sites (N-methyl/N-ethyl adjacent to an activating group) is 1. The Hall–Kier alpha value is -2.02. The maximum Gasteiger partial charge on any atom is 0.267 e. The summed E-state index contributed by atoms with van der Waals surface area (Å²) < 4.78 is 3.81. The Morgan fingerprint density at radius 3 is 2.85 bits per heavy atom. The van der Waals surface area contributed by atoms with Crippen LogP contribution in [0.15, 0.2) is 24.4 Å².